The summed E-state index contributed by atoms with van der Waals surface area (Å²) in [5, 5.41) is 0. The van der Waals surface area contributed by atoms with Crippen LogP contribution in [0.15, 0.2) is 12.2 Å². The third-order valence-electron chi connectivity index (χ3n) is 6.52. The summed E-state index contributed by atoms with van der Waals surface area (Å²) in [6.07, 6.45) is 38.2. The number of hydrogen-bond donors (Lipinski definition) is 0. The quantitative estimate of drug-likeness (QED) is 0.102. The van der Waals surface area contributed by atoms with E-state index in [9.17, 15) is 0 Å². The maximum Gasteiger partial charge on any atom is -0.0325 e. The molecule has 30 heavy (non-hydrogen) atoms. The van der Waals surface area contributed by atoms with Gasteiger partial charge in [-0.15, -0.1) is 0 Å². The molecule has 0 saturated carbocycles. The molecule has 1 atom stereocenters. The molecule has 178 valence electrons. The van der Waals surface area contributed by atoms with Gasteiger partial charge in [-0.05, 0) is 25.2 Å². The van der Waals surface area contributed by atoms with Crippen LogP contribution in [-0.4, -0.2) is 0 Å². The van der Waals surface area contributed by atoms with Crippen LogP contribution >= 0.6 is 0 Å². The summed E-state index contributed by atoms with van der Waals surface area (Å²) < 4.78 is 0. The molecule has 0 aliphatic carbocycles. The van der Waals surface area contributed by atoms with Crippen molar-refractivity contribution in [2.24, 2.45) is 5.92 Å². The Kier molecular flexibility index (Phi) is 26.5. The van der Waals surface area contributed by atoms with Gasteiger partial charge < -0.3 is 0 Å². The monoisotopic (exact) mass is 418 g/mol. The molecule has 0 heterocycles. The number of allylic oxidation sites excluding steroid dienone is 2. The van der Waals surface area contributed by atoms with Crippen LogP contribution in [0.4, 0.5) is 0 Å². The first-order chi connectivity index (χ1) is 14.8. The van der Waals surface area contributed by atoms with Crippen LogP contribution in [0.25, 0.3) is 0 Å². The molecule has 1 unspecified atom stereocenters. The van der Waals surface area contributed by atoms with Crippen LogP contribution in [0, 0.1) is 19.8 Å². The molecule has 0 aromatic carbocycles. The van der Waals surface area contributed by atoms with E-state index in [-0.39, 0.29) is 0 Å². The van der Waals surface area contributed by atoms with E-state index in [2.05, 4.69) is 32.9 Å². The SMILES string of the molecule is [CH2]CCCCCCCCCCCCCCCCCC/C=C/CC(C)CCCCC[CH2]. The predicted octanol–water partition coefficient (Wildman–Crippen LogP) is 11.2. The Hall–Kier alpha value is -0.260. The minimum absolute atomic E-state index is 0.861. The lowest BCUT2D eigenvalue weighted by atomic mass is 9.99. The van der Waals surface area contributed by atoms with E-state index in [0.29, 0.717) is 0 Å². The Bertz CT molecular complexity index is 316. The molecule has 0 rings (SSSR count). The zero-order valence-electron chi connectivity index (χ0n) is 21.1. The van der Waals surface area contributed by atoms with Crippen molar-refractivity contribution in [3.8, 4) is 0 Å². The molecular formula is C30H58. The topological polar surface area (TPSA) is 0 Å². The third kappa shape index (κ3) is 25.8. The van der Waals surface area contributed by atoms with Crippen LogP contribution in [-0.2, 0) is 0 Å². The minimum Gasteiger partial charge on any atom is -0.0885 e. The maximum absolute atomic E-state index is 3.92. The van der Waals surface area contributed by atoms with Crippen LogP contribution in [0.2, 0.25) is 0 Å². The Labute approximate surface area is 193 Å². The van der Waals surface area contributed by atoms with Crippen LogP contribution in [0.3, 0.4) is 0 Å². The summed E-state index contributed by atoms with van der Waals surface area (Å²) in [5.41, 5.74) is 0. The van der Waals surface area contributed by atoms with E-state index in [1.807, 2.05) is 0 Å². The highest BCUT2D eigenvalue weighted by Gasteiger charge is 1.99. The van der Waals surface area contributed by atoms with Gasteiger partial charge in [0, 0.05) is 0 Å². The fourth-order valence-corrected chi connectivity index (χ4v) is 4.32. The second-order valence-electron chi connectivity index (χ2n) is 9.81. The van der Waals surface area contributed by atoms with Crippen molar-refractivity contribution in [3.05, 3.63) is 26.0 Å². The first-order valence-corrected chi connectivity index (χ1v) is 14.0. The largest absolute Gasteiger partial charge is 0.0885 e. The summed E-state index contributed by atoms with van der Waals surface area (Å²) >= 11 is 0. The zero-order chi connectivity index (χ0) is 22.0. The predicted molar refractivity (Wildman–Crippen MR) is 140 cm³/mol. The van der Waals surface area contributed by atoms with Gasteiger partial charge in [0.25, 0.3) is 0 Å². The van der Waals surface area contributed by atoms with Crippen molar-refractivity contribution < 1.29 is 0 Å². The van der Waals surface area contributed by atoms with Crippen LogP contribution in [0.1, 0.15) is 161 Å². The first-order valence-electron chi connectivity index (χ1n) is 14.0. The highest BCUT2D eigenvalue weighted by molar-refractivity contribution is 4.83. The van der Waals surface area contributed by atoms with E-state index < -0.39 is 0 Å². The summed E-state index contributed by atoms with van der Waals surface area (Å²) in [7, 11) is 0. The lowest BCUT2D eigenvalue weighted by Gasteiger charge is -2.07. The summed E-state index contributed by atoms with van der Waals surface area (Å²) in [6, 6.07) is 0. The molecule has 0 spiro atoms. The fourth-order valence-electron chi connectivity index (χ4n) is 4.32. The molecule has 0 fully saturated rings. The molecule has 0 heteroatoms. The van der Waals surface area contributed by atoms with Crippen LogP contribution in [0.5, 0.6) is 0 Å². The van der Waals surface area contributed by atoms with Crippen molar-refractivity contribution in [2.75, 3.05) is 0 Å². The van der Waals surface area contributed by atoms with Crippen molar-refractivity contribution in [2.45, 2.75) is 161 Å². The molecule has 0 aliphatic heterocycles. The van der Waals surface area contributed by atoms with Gasteiger partial charge in [0.1, 0.15) is 0 Å². The third-order valence-corrected chi connectivity index (χ3v) is 6.52. The molecule has 0 N–H and O–H groups in total. The van der Waals surface area contributed by atoms with E-state index in [1.54, 1.807) is 0 Å². The molecular weight excluding hydrogens is 360 g/mol. The highest BCUT2D eigenvalue weighted by atomic mass is 14.0. The van der Waals surface area contributed by atoms with Gasteiger partial charge in [-0.3, -0.25) is 0 Å². The molecule has 0 aromatic rings. The van der Waals surface area contributed by atoms with Gasteiger partial charge in [-0.2, -0.15) is 0 Å². The number of rotatable bonds is 25. The van der Waals surface area contributed by atoms with E-state index in [4.69, 9.17) is 0 Å². The van der Waals surface area contributed by atoms with E-state index in [0.717, 1.165) is 18.8 Å². The number of hydrogen-bond acceptors (Lipinski definition) is 0. The van der Waals surface area contributed by atoms with Crippen LogP contribution < -0.4 is 0 Å². The average molecular weight is 419 g/mol. The molecule has 0 nitrogen and oxygen atoms in total. The second kappa shape index (κ2) is 26.8. The Morgan fingerprint density at radius 1 is 0.467 bits per heavy atom. The molecule has 2 radical (unpaired) electrons. The van der Waals surface area contributed by atoms with Gasteiger partial charge in [0.2, 0.25) is 0 Å². The Balaban J connectivity index is 3.14. The standard InChI is InChI=1S/C30H58/c1-4-6-8-10-11-12-13-14-15-16-17-18-19-20-21-22-23-24-25-27-29-30(3)28-26-9-7-5-2/h25,27,30H,1-2,4-24,26,28-29H2,3H3/b27-25+. The fraction of sp³-hybridized carbons (Fsp3) is 0.867. The van der Waals surface area contributed by atoms with Gasteiger partial charge in [-0.1, -0.05) is 168 Å². The summed E-state index contributed by atoms with van der Waals surface area (Å²) in [4.78, 5) is 0. The average Bonchev–Trinajstić information content (AvgIpc) is 2.75. The van der Waals surface area contributed by atoms with E-state index >= 15 is 0 Å². The molecule has 0 saturated heterocycles. The molecule has 0 aliphatic rings. The first kappa shape index (κ1) is 29.7. The second-order valence-corrected chi connectivity index (χ2v) is 9.81. The summed E-state index contributed by atoms with van der Waals surface area (Å²) in [6.45, 7) is 10.2. The van der Waals surface area contributed by atoms with Crippen molar-refractivity contribution in [1.82, 2.24) is 0 Å². The van der Waals surface area contributed by atoms with Gasteiger partial charge in [0.15, 0.2) is 0 Å². The van der Waals surface area contributed by atoms with Gasteiger partial charge in [-0.25, -0.2) is 0 Å². The lowest BCUT2D eigenvalue weighted by Crippen LogP contribution is -1.92. The normalized spacial score (nSPS) is 12.8. The highest BCUT2D eigenvalue weighted by Crippen LogP contribution is 2.16. The Morgan fingerprint density at radius 3 is 1.27 bits per heavy atom. The van der Waals surface area contributed by atoms with Gasteiger partial charge >= 0.3 is 0 Å². The van der Waals surface area contributed by atoms with Gasteiger partial charge in [0.05, 0.1) is 0 Å². The van der Waals surface area contributed by atoms with E-state index in [1.165, 1.54) is 141 Å². The van der Waals surface area contributed by atoms with Crippen molar-refractivity contribution in [1.29, 1.82) is 0 Å². The minimum atomic E-state index is 0.861. The summed E-state index contributed by atoms with van der Waals surface area (Å²) in [5.74, 6) is 0.861. The van der Waals surface area contributed by atoms with Crippen molar-refractivity contribution >= 4 is 0 Å². The molecule has 0 aromatic heterocycles. The number of unbranched alkanes of at least 4 members (excludes halogenated alkanes) is 20. The zero-order valence-corrected chi connectivity index (χ0v) is 21.1. The maximum atomic E-state index is 3.92. The smallest absolute Gasteiger partial charge is 0.0325 e. The van der Waals surface area contributed by atoms with Crippen molar-refractivity contribution in [3.63, 3.8) is 0 Å². The lowest BCUT2D eigenvalue weighted by molar-refractivity contribution is 0.496. The molecule has 0 amide bonds. The molecule has 0 bridgehead atoms. The Morgan fingerprint density at radius 2 is 0.833 bits per heavy atom.